The van der Waals surface area contributed by atoms with E-state index in [0.29, 0.717) is 42.6 Å². The van der Waals surface area contributed by atoms with E-state index < -0.39 is 0 Å². The van der Waals surface area contributed by atoms with Gasteiger partial charge in [0.25, 0.3) is 11.8 Å². The second-order valence-electron chi connectivity index (χ2n) is 9.33. The zero-order valence-electron chi connectivity index (χ0n) is 18.6. The molecule has 1 amide bonds. The van der Waals surface area contributed by atoms with Gasteiger partial charge in [0.2, 0.25) is 0 Å². The van der Waals surface area contributed by atoms with Crippen molar-refractivity contribution in [1.82, 2.24) is 25.3 Å². The van der Waals surface area contributed by atoms with Gasteiger partial charge in [0.1, 0.15) is 0 Å². The molecule has 0 spiro atoms. The molecule has 8 heteroatoms. The van der Waals surface area contributed by atoms with Gasteiger partial charge in [0.05, 0.1) is 6.54 Å². The number of hydrogen-bond donors (Lipinski definition) is 1. The van der Waals surface area contributed by atoms with E-state index in [1.807, 2.05) is 48.2 Å². The van der Waals surface area contributed by atoms with Crippen LogP contribution in [0.5, 0.6) is 0 Å². The molecule has 3 aliphatic rings. The Labute approximate surface area is 197 Å². The number of likely N-dealkylation sites (tertiary alicyclic amines) is 1. The van der Waals surface area contributed by atoms with Crippen molar-refractivity contribution < 1.29 is 9.32 Å². The second kappa shape index (κ2) is 8.24. The highest BCUT2D eigenvalue weighted by atomic mass is 35.5. The molecular formula is C25H26ClN5O2. The van der Waals surface area contributed by atoms with Crippen LogP contribution in [0, 0.1) is 6.92 Å². The van der Waals surface area contributed by atoms with E-state index in [1.165, 1.54) is 12.8 Å². The molecule has 33 heavy (non-hydrogen) atoms. The van der Waals surface area contributed by atoms with Gasteiger partial charge >= 0.3 is 0 Å². The lowest BCUT2D eigenvalue weighted by Gasteiger charge is -2.48. The molecule has 2 unspecified atom stereocenters. The molecule has 0 bridgehead atoms. The molecular weight excluding hydrogens is 438 g/mol. The molecule has 0 radical (unpaired) electrons. The molecule has 3 aliphatic heterocycles. The molecule has 3 aromatic rings. The van der Waals surface area contributed by atoms with Crippen molar-refractivity contribution in [1.29, 1.82) is 0 Å². The average molecular weight is 464 g/mol. The summed E-state index contributed by atoms with van der Waals surface area (Å²) in [6.45, 7) is 5.92. The minimum Gasteiger partial charge on any atom is -0.334 e. The fourth-order valence-corrected chi connectivity index (χ4v) is 5.48. The number of hydrogen-bond acceptors (Lipinski definition) is 6. The Balaban J connectivity index is 1.20. The predicted octanol–water partition coefficient (Wildman–Crippen LogP) is 3.79. The van der Waals surface area contributed by atoms with Crippen molar-refractivity contribution in [2.24, 2.45) is 0 Å². The van der Waals surface area contributed by atoms with Crippen LogP contribution in [0.3, 0.4) is 0 Å². The van der Waals surface area contributed by atoms with E-state index >= 15 is 0 Å². The minimum absolute atomic E-state index is 0.0592. The Morgan fingerprint density at radius 1 is 1.21 bits per heavy atom. The summed E-state index contributed by atoms with van der Waals surface area (Å²) in [5.74, 6) is 1.29. The molecule has 1 aromatic heterocycles. The molecule has 1 N–H and O–H groups in total. The molecule has 7 nitrogen and oxygen atoms in total. The molecule has 4 heterocycles. The van der Waals surface area contributed by atoms with Crippen molar-refractivity contribution in [3.8, 4) is 11.5 Å². The number of piperidine rings is 1. The van der Waals surface area contributed by atoms with E-state index in [0.717, 1.165) is 46.7 Å². The van der Waals surface area contributed by atoms with Crippen LogP contribution in [0.15, 0.2) is 40.9 Å². The number of carbonyl (C=O) groups excluding carboxylic acids is 1. The fraction of sp³-hybridized carbons (Fsp3) is 0.400. The zero-order valence-corrected chi connectivity index (χ0v) is 19.3. The first-order chi connectivity index (χ1) is 16.0. The Morgan fingerprint density at radius 3 is 2.85 bits per heavy atom. The summed E-state index contributed by atoms with van der Waals surface area (Å²) in [4.78, 5) is 22.1. The van der Waals surface area contributed by atoms with Crippen LogP contribution in [-0.2, 0) is 19.6 Å². The molecule has 2 atom stereocenters. The number of amides is 1. The second-order valence-corrected chi connectivity index (χ2v) is 9.76. The summed E-state index contributed by atoms with van der Waals surface area (Å²) in [5, 5.41) is 8.45. The number of nitrogens with one attached hydrogen (secondary N) is 1. The van der Waals surface area contributed by atoms with Crippen molar-refractivity contribution >= 4 is 17.5 Å². The fourth-order valence-electron chi connectivity index (χ4n) is 5.35. The Morgan fingerprint density at radius 2 is 2.06 bits per heavy atom. The van der Waals surface area contributed by atoms with E-state index in [-0.39, 0.29) is 5.91 Å². The third-order valence-corrected chi connectivity index (χ3v) is 7.36. The number of nitrogens with zero attached hydrogens (tertiary/aromatic N) is 4. The van der Waals surface area contributed by atoms with Crippen LogP contribution < -0.4 is 5.32 Å². The first-order valence-electron chi connectivity index (χ1n) is 11.5. The number of carbonyl (C=O) groups is 1. The van der Waals surface area contributed by atoms with Gasteiger partial charge in [0, 0.05) is 47.9 Å². The molecule has 0 aliphatic carbocycles. The van der Waals surface area contributed by atoms with E-state index in [2.05, 4.69) is 20.4 Å². The number of benzene rings is 2. The van der Waals surface area contributed by atoms with Crippen molar-refractivity contribution in [2.45, 2.75) is 51.5 Å². The monoisotopic (exact) mass is 463 g/mol. The quantitative estimate of drug-likeness (QED) is 0.620. The smallest absolute Gasteiger partial charge is 0.257 e. The summed E-state index contributed by atoms with van der Waals surface area (Å²) in [7, 11) is 0. The Kier molecular flexibility index (Phi) is 5.20. The van der Waals surface area contributed by atoms with Gasteiger partial charge in [-0.3, -0.25) is 9.69 Å². The average Bonchev–Trinajstić information content (AvgIpc) is 3.36. The Hall–Kier alpha value is -2.74. The van der Waals surface area contributed by atoms with Gasteiger partial charge < -0.3 is 14.7 Å². The SMILES string of the molecule is Cc1cc(-c2nc(CN3CCCC4NCC43)no2)cc2c1C(=O)N(Cc1ccc(Cl)cc1)C2. The highest BCUT2D eigenvalue weighted by Crippen LogP contribution is 2.32. The highest BCUT2D eigenvalue weighted by Gasteiger charge is 2.38. The van der Waals surface area contributed by atoms with Gasteiger partial charge in [-0.2, -0.15) is 4.98 Å². The molecule has 2 aromatic carbocycles. The van der Waals surface area contributed by atoms with E-state index in [4.69, 9.17) is 16.1 Å². The highest BCUT2D eigenvalue weighted by molar-refractivity contribution is 6.30. The maximum absolute atomic E-state index is 13.1. The molecule has 0 saturated carbocycles. The summed E-state index contributed by atoms with van der Waals surface area (Å²) in [6.07, 6.45) is 2.45. The van der Waals surface area contributed by atoms with Crippen molar-refractivity contribution in [3.05, 3.63) is 69.5 Å². The van der Waals surface area contributed by atoms with Crippen LogP contribution in [0.4, 0.5) is 0 Å². The van der Waals surface area contributed by atoms with E-state index in [9.17, 15) is 4.79 Å². The third-order valence-electron chi connectivity index (χ3n) is 7.11. The number of rotatable bonds is 5. The van der Waals surface area contributed by atoms with Crippen LogP contribution in [0.2, 0.25) is 5.02 Å². The van der Waals surface area contributed by atoms with Crippen LogP contribution in [0.25, 0.3) is 11.5 Å². The summed E-state index contributed by atoms with van der Waals surface area (Å²) in [6, 6.07) is 12.8. The minimum atomic E-state index is 0.0592. The largest absolute Gasteiger partial charge is 0.334 e. The van der Waals surface area contributed by atoms with Crippen molar-refractivity contribution in [2.75, 3.05) is 13.1 Å². The lowest BCUT2D eigenvalue weighted by atomic mass is 9.89. The van der Waals surface area contributed by atoms with Gasteiger partial charge in [0.15, 0.2) is 5.82 Å². The lowest BCUT2D eigenvalue weighted by Crippen LogP contribution is -2.67. The van der Waals surface area contributed by atoms with Crippen LogP contribution in [0.1, 0.15) is 45.7 Å². The van der Waals surface area contributed by atoms with Gasteiger partial charge in [-0.05, 0) is 67.3 Å². The van der Waals surface area contributed by atoms with Crippen molar-refractivity contribution in [3.63, 3.8) is 0 Å². The third kappa shape index (κ3) is 3.84. The Bertz CT molecular complexity index is 1210. The molecule has 170 valence electrons. The first kappa shape index (κ1) is 20.8. The topological polar surface area (TPSA) is 74.5 Å². The maximum Gasteiger partial charge on any atom is 0.257 e. The molecule has 2 fully saturated rings. The standard InChI is InChI=1S/C25H26ClN5O2/c1-15-9-17(24-28-22(29-33-24)14-30-8-2-3-20-21(30)11-27-20)10-18-13-31(25(32)23(15)18)12-16-4-6-19(26)7-5-16/h4-7,9-10,20-21,27H,2-3,8,11-14H2,1H3. The van der Waals surface area contributed by atoms with Gasteiger partial charge in [-0.1, -0.05) is 28.9 Å². The lowest BCUT2D eigenvalue weighted by molar-refractivity contribution is 0.0467. The number of halogens is 1. The van der Waals surface area contributed by atoms with E-state index in [1.54, 1.807) is 0 Å². The number of aromatic nitrogens is 2. The normalized spacial score (nSPS) is 22.2. The number of aryl methyl sites for hydroxylation is 1. The maximum atomic E-state index is 13.1. The molecule has 2 saturated heterocycles. The van der Waals surface area contributed by atoms with Crippen LogP contribution in [-0.4, -0.2) is 51.0 Å². The summed E-state index contributed by atoms with van der Waals surface area (Å²) < 4.78 is 5.63. The predicted molar refractivity (Wildman–Crippen MR) is 125 cm³/mol. The summed E-state index contributed by atoms with van der Waals surface area (Å²) in [5.41, 5.74) is 4.65. The number of fused-ring (bicyclic) bond motifs is 2. The molecule has 6 rings (SSSR count). The van der Waals surface area contributed by atoms with Crippen LogP contribution >= 0.6 is 11.6 Å². The summed E-state index contributed by atoms with van der Waals surface area (Å²) >= 11 is 5.99. The zero-order chi connectivity index (χ0) is 22.5. The first-order valence-corrected chi connectivity index (χ1v) is 11.9. The van der Waals surface area contributed by atoms with Gasteiger partial charge in [-0.15, -0.1) is 0 Å². The van der Waals surface area contributed by atoms with Gasteiger partial charge in [-0.25, -0.2) is 0 Å².